The molecule has 3 amide bonds. The zero-order chi connectivity index (χ0) is 28.5. The predicted molar refractivity (Wildman–Crippen MR) is 164 cm³/mol. The molecule has 0 atom stereocenters. The van der Waals surface area contributed by atoms with E-state index in [1.807, 2.05) is 6.07 Å². The van der Waals surface area contributed by atoms with Crippen molar-refractivity contribution in [3.8, 4) is 0 Å². The molecule has 0 aliphatic heterocycles. The van der Waals surface area contributed by atoms with Crippen molar-refractivity contribution in [2.75, 3.05) is 16.4 Å². The van der Waals surface area contributed by atoms with Gasteiger partial charge in [0.1, 0.15) is 5.70 Å². The fourth-order valence-corrected chi connectivity index (χ4v) is 4.76. The van der Waals surface area contributed by atoms with Crippen LogP contribution in [0.5, 0.6) is 0 Å². The molecule has 3 N–H and O–H groups in total. The van der Waals surface area contributed by atoms with Crippen LogP contribution in [0.15, 0.2) is 108 Å². The summed E-state index contributed by atoms with van der Waals surface area (Å²) in [6.07, 6.45) is 1.52. The first-order valence-electron chi connectivity index (χ1n) is 11.9. The van der Waals surface area contributed by atoms with Crippen LogP contribution in [0.3, 0.4) is 0 Å². The molecular weight excluding hydrogens is 589 g/mol. The molecule has 40 heavy (non-hydrogen) atoms. The zero-order valence-corrected chi connectivity index (χ0v) is 23.9. The number of anilines is 2. The molecule has 4 rings (SSSR count). The minimum atomic E-state index is -0.542. The number of amides is 3. The maximum Gasteiger partial charge on any atom is 0.272 e. The van der Waals surface area contributed by atoms with Crippen LogP contribution in [0.1, 0.15) is 15.9 Å². The molecule has 0 saturated heterocycles. The molecule has 4 aromatic rings. The van der Waals surface area contributed by atoms with Gasteiger partial charge in [0.25, 0.3) is 11.8 Å². The molecule has 0 radical (unpaired) electrons. The van der Waals surface area contributed by atoms with E-state index < -0.39 is 11.8 Å². The SMILES string of the molecule is O=C(CSc1cccc(NC(=O)/C(=C\c2ccccc2Cl)NC(=O)c2ccccc2)c1)Nc1cc(Cl)ccc1Cl. The average molecular weight is 611 g/mol. The second kappa shape index (κ2) is 14.1. The molecule has 6 nitrogen and oxygen atoms in total. The average Bonchev–Trinajstić information content (AvgIpc) is 2.95. The van der Waals surface area contributed by atoms with Gasteiger partial charge in [0.2, 0.25) is 5.91 Å². The first kappa shape index (κ1) is 29.2. The zero-order valence-electron chi connectivity index (χ0n) is 20.8. The standard InChI is InChI=1S/C30H22Cl3N3O3S/c31-21-13-14-25(33)26(16-21)35-28(37)18-40-23-11-6-10-22(17-23)34-30(39)27(15-20-9-4-5-12-24(20)32)36-29(38)19-7-2-1-3-8-19/h1-17H,18H2,(H,34,39)(H,35,37)(H,36,38)/b27-15+. The number of nitrogens with one attached hydrogen (secondary N) is 3. The Morgan fingerprint density at radius 1 is 0.750 bits per heavy atom. The Morgan fingerprint density at radius 2 is 1.50 bits per heavy atom. The van der Waals surface area contributed by atoms with Crippen molar-refractivity contribution in [3.05, 3.63) is 129 Å². The van der Waals surface area contributed by atoms with Gasteiger partial charge in [0.15, 0.2) is 0 Å². The second-order valence-electron chi connectivity index (χ2n) is 8.34. The first-order valence-corrected chi connectivity index (χ1v) is 14.0. The van der Waals surface area contributed by atoms with Gasteiger partial charge in [0, 0.05) is 26.2 Å². The van der Waals surface area contributed by atoms with Gasteiger partial charge in [-0.2, -0.15) is 0 Å². The van der Waals surface area contributed by atoms with Crippen LogP contribution in [0.4, 0.5) is 11.4 Å². The van der Waals surface area contributed by atoms with Crippen molar-refractivity contribution in [1.29, 1.82) is 0 Å². The molecule has 4 aromatic carbocycles. The summed E-state index contributed by atoms with van der Waals surface area (Å²) in [5.74, 6) is -1.15. The minimum absolute atomic E-state index is 0.0118. The van der Waals surface area contributed by atoms with E-state index in [-0.39, 0.29) is 17.4 Å². The fourth-order valence-electron chi connectivity index (χ4n) is 3.48. The third-order valence-corrected chi connectivity index (χ3v) is 7.30. The van der Waals surface area contributed by atoms with Crippen LogP contribution < -0.4 is 16.0 Å². The molecule has 0 bridgehead atoms. The monoisotopic (exact) mass is 609 g/mol. The minimum Gasteiger partial charge on any atom is -0.324 e. The summed E-state index contributed by atoms with van der Waals surface area (Å²) in [4.78, 5) is 39.3. The molecule has 10 heteroatoms. The summed E-state index contributed by atoms with van der Waals surface area (Å²) in [5, 5.41) is 9.50. The Bertz CT molecular complexity index is 1580. The van der Waals surface area contributed by atoms with Crippen molar-refractivity contribution in [2.24, 2.45) is 0 Å². The van der Waals surface area contributed by atoms with Crippen molar-refractivity contribution < 1.29 is 14.4 Å². The van der Waals surface area contributed by atoms with Crippen LogP contribution in [0, 0.1) is 0 Å². The number of halogens is 3. The Labute approximate surface area is 250 Å². The number of carbonyl (C=O) groups is 3. The Balaban J connectivity index is 1.46. The Morgan fingerprint density at radius 3 is 2.27 bits per heavy atom. The van der Waals surface area contributed by atoms with Gasteiger partial charge < -0.3 is 16.0 Å². The smallest absolute Gasteiger partial charge is 0.272 e. The van der Waals surface area contributed by atoms with Gasteiger partial charge in [-0.3, -0.25) is 14.4 Å². The van der Waals surface area contributed by atoms with Crippen LogP contribution in [-0.2, 0) is 9.59 Å². The van der Waals surface area contributed by atoms with Crippen molar-refractivity contribution in [1.82, 2.24) is 5.32 Å². The molecule has 0 spiro atoms. The van der Waals surface area contributed by atoms with E-state index >= 15 is 0 Å². The highest BCUT2D eigenvalue weighted by Crippen LogP contribution is 2.27. The van der Waals surface area contributed by atoms with Crippen LogP contribution in [-0.4, -0.2) is 23.5 Å². The van der Waals surface area contributed by atoms with E-state index in [0.29, 0.717) is 37.6 Å². The van der Waals surface area contributed by atoms with E-state index in [1.165, 1.54) is 17.8 Å². The number of carbonyl (C=O) groups excluding carboxylic acids is 3. The van der Waals surface area contributed by atoms with Crippen LogP contribution >= 0.6 is 46.6 Å². The van der Waals surface area contributed by atoms with E-state index in [4.69, 9.17) is 34.8 Å². The van der Waals surface area contributed by atoms with Gasteiger partial charge in [-0.05, 0) is 66.2 Å². The summed E-state index contributed by atoms with van der Waals surface area (Å²) in [6.45, 7) is 0. The summed E-state index contributed by atoms with van der Waals surface area (Å²) in [7, 11) is 0. The third-order valence-electron chi connectivity index (χ3n) is 5.40. The van der Waals surface area contributed by atoms with E-state index in [9.17, 15) is 14.4 Å². The third kappa shape index (κ3) is 8.37. The lowest BCUT2D eigenvalue weighted by atomic mass is 10.1. The van der Waals surface area contributed by atoms with E-state index in [1.54, 1.807) is 91.0 Å². The van der Waals surface area contributed by atoms with Crippen LogP contribution in [0.25, 0.3) is 6.08 Å². The Kier molecular flexibility index (Phi) is 10.3. The molecule has 0 unspecified atom stereocenters. The lowest BCUT2D eigenvalue weighted by Gasteiger charge is -2.13. The molecule has 0 saturated carbocycles. The topological polar surface area (TPSA) is 87.3 Å². The largest absolute Gasteiger partial charge is 0.324 e. The summed E-state index contributed by atoms with van der Waals surface area (Å²) in [5.41, 5.74) is 1.88. The van der Waals surface area contributed by atoms with E-state index in [0.717, 1.165) is 4.90 Å². The maximum atomic E-state index is 13.3. The first-order chi connectivity index (χ1) is 19.3. The summed E-state index contributed by atoms with van der Waals surface area (Å²) < 4.78 is 0. The second-order valence-corrected chi connectivity index (χ2v) is 10.6. The molecule has 0 aliphatic carbocycles. The summed E-state index contributed by atoms with van der Waals surface area (Å²) >= 11 is 19.7. The quantitative estimate of drug-likeness (QED) is 0.133. The highest BCUT2D eigenvalue weighted by atomic mass is 35.5. The van der Waals surface area contributed by atoms with Gasteiger partial charge in [0.05, 0.1) is 16.5 Å². The molecule has 0 fully saturated rings. The number of rotatable bonds is 9. The molecule has 0 heterocycles. The molecule has 0 aromatic heterocycles. The van der Waals surface area contributed by atoms with Gasteiger partial charge in [-0.15, -0.1) is 11.8 Å². The van der Waals surface area contributed by atoms with Gasteiger partial charge >= 0.3 is 0 Å². The lowest BCUT2D eigenvalue weighted by Crippen LogP contribution is -2.30. The Hall–Kier alpha value is -3.75. The van der Waals surface area contributed by atoms with Gasteiger partial charge in [-0.1, -0.05) is 77.3 Å². The van der Waals surface area contributed by atoms with Crippen molar-refractivity contribution in [2.45, 2.75) is 4.90 Å². The number of hydrogen-bond acceptors (Lipinski definition) is 4. The van der Waals surface area contributed by atoms with Gasteiger partial charge in [-0.25, -0.2) is 0 Å². The highest BCUT2D eigenvalue weighted by molar-refractivity contribution is 8.00. The van der Waals surface area contributed by atoms with Crippen molar-refractivity contribution in [3.63, 3.8) is 0 Å². The number of benzene rings is 4. The predicted octanol–water partition coefficient (Wildman–Crippen LogP) is 7.79. The molecule has 0 aliphatic rings. The fraction of sp³-hybridized carbons (Fsp3) is 0.0333. The molecular formula is C30H22Cl3N3O3S. The summed E-state index contributed by atoms with van der Waals surface area (Å²) in [6, 6.07) is 27.4. The number of thioether (sulfide) groups is 1. The molecule has 202 valence electrons. The normalized spacial score (nSPS) is 11.0. The maximum absolute atomic E-state index is 13.3. The van der Waals surface area contributed by atoms with Crippen molar-refractivity contribution >= 4 is 81.7 Å². The highest BCUT2D eigenvalue weighted by Gasteiger charge is 2.16. The van der Waals surface area contributed by atoms with E-state index in [2.05, 4.69) is 16.0 Å². The van der Waals surface area contributed by atoms with Crippen LogP contribution in [0.2, 0.25) is 15.1 Å². The lowest BCUT2D eigenvalue weighted by molar-refractivity contribution is -0.114. The number of hydrogen-bond donors (Lipinski definition) is 3.